The maximum absolute atomic E-state index is 14.2. The van der Waals surface area contributed by atoms with Crippen LogP contribution >= 0.6 is 11.6 Å². The number of amides is 2. The van der Waals surface area contributed by atoms with E-state index in [1.54, 1.807) is 0 Å². The molecule has 172 valence electrons. The second kappa shape index (κ2) is 9.55. The molecular weight excluding hydrogens is 476 g/mol. The molecule has 3 aromatic carbocycles. The fraction of sp³-hybridized carbons (Fsp3) is 0.0909. The van der Waals surface area contributed by atoms with Crippen LogP contribution in [0.3, 0.4) is 0 Å². The highest BCUT2D eigenvalue weighted by atomic mass is 35.5. The van der Waals surface area contributed by atoms with Crippen molar-refractivity contribution < 1.29 is 26.8 Å². The number of nitrogens with one attached hydrogen (secondary N) is 2. The molecule has 0 atom stereocenters. The van der Waals surface area contributed by atoms with Gasteiger partial charge in [0.2, 0.25) is 5.91 Å². The maximum atomic E-state index is 14.2. The van der Waals surface area contributed by atoms with Crippen molar-refractivity contribution in [1.82, 2.24) is 0 Å². The van der Waals surface area contributed by atoms with Gasteiger partial charge in [-0.1, -0.05) is 11.6 Å². The molecule has 2 N–H and O–H groups in total. The van der Waals surface area contributed by atoms with Gasteiger partial charge in [0.05, 0.1) is 26.9 Å². The monoisotopic (exact) mass is 493 g/mol. The molecule has 0 saturated heterocycles. The predicted octanol–water partition coefficient (Wildman–Crippen LogP) is 4.65. The number of hydrogen-bond acceptors (Lipinski definition) is 4. The topological polar surface area (TPSA) is 95.6 Å². The van der Waals surface area contributed by atoms with E-state index in [2.05, 4.69) is 10.6 Å². The van der Waals surface area contributed by atoms with Gasteiger partial charge >= 0.3 is 0 Å². The molecule has 0 radical (unpaired) electrons. The minimum atomic E-state index is -4.13. The third kappa shape index (κ3) is 5.47. The van der Waals surface area contributed by atoms with Crippen LogP contribution in [0.2, 0.25) is 5.02 Å². The molecule has 11 heteroatoms. The number of nitrogens with zero attached hydrogens (tertiary/aromatic N) is 1. The van der Waals surface area contributed by atoms with Crippen molar-refractivity contribution in [1.29, 1.82) is 0 Å². The van der Waals surface area contributed by atoms with Crippen molar-refractivity contribution >= 4 is 50.5 Å². The number of hydrogen-bond donors (Lipinski definition) is 2. The summed E-state index contributed by atoms with van der Waals surface area (Å²) in [5.41, 5.74) is 0.00495. The van der Waals surface area contributed by atoms with Crippen molar-refractivity contribution in [3.8, 4) is 0 Å². The largest absolute Gasteiger partial charge is 0.326 e. The van der Waals surface area contributed by atoms with E-state index < -0.39 is 27.6 Å². The number of halogens is 3. The molecule has 33 heavy (non-hydrogen) atoms. The molecule has 3 aromatic rings. The fourth-order valence-corrected chi connectivity index (χ4v) is 4.30. The van der Waals surface area contributed by atoms with Crippen molar-refractivity contribution in [2.45, 2.75) is 11.8 Å². The standard InChI is InChI=1S/C22H18ClF2N3O4S/c1-13(29)26-15-5-10-20(25)21(11-15)27-22(30)18-12-17(8-9-19(18)23)33(31,32)28(2)16-6-3-14(24)4-7-16/h3-12H,1-2H3,(H,26,29)(H,27,30). The van der Waals surface area contributed by atoms with Gasteiger partial charge < -0.3 is 10.6 Å². The van der Waals surface area contributed by atoms with Gasteiger partial charge in [-0.2, -0.15) is 0 Å². The Morgan fingerprint density at radius 1 is 0.939 bits per heavy atom. The quantitative estimate of drug-likeness (QED) is 0.522. The SMILES string of the molecule is CC(=O)Nc1ccc(F)c(NC(=O)c2cc(S(=O)(=O)N(C)c3ccc(F)cc3)ccc2Cl)c1. The van der Waals surface area contributed by atoms with Gasteiger partial charge in [0, 0.05) is 19.7 Å². The minimum absolute atomic E-state index is 0.0608. The summed E-state index contributed by atoms with van der Waals surface area (Å²) >= 11 is 6.10. The van der Waals surface area contributed by atoms with Crippen LogP contribution in [0.25, 0.3) is 0 Å². The normalized spacial score (nSPS) is 11.1. The first-order valence-electron chi connectivity index (χ1n) is 9.41. The summed E-state index contributed by atoms with van der Waals surface area (Å²) in [5, 5.41) is 4.73. The van der Waals surface area contributed by atoms with Crippen molar-refractivity contribution in [2.24, 2.45) is 0 Å². The molecule has 0 aliphatic rings. The van der Waals surface area contributed by atoms with Crippen molar-refractivity contribution in [2.75, 3.05) is 22.0 Å². The summed E-state index contributed by atoms with van der Waals surface area (Å²) in [4.78, 5) is 23.7. The average molecular weight is 494 g/mol. The van der Waals surface area contributed by atoms with E-state index in [0.717, 1.165) is 28.6 Å². The highest BCUT2D eigenvalue weighted by molar-refractivity contribution is 7.92. The molecule has 0 fully saturated rings. The molecule has 0 bridgehead atoms. The number of anilines is 3. The lowest BCUT2D eigenvalue weighted by molar-refractivity contribution is -0.114. The van der Waals surface area contributed by atoms with Crippen LogP contribution < -0.4 is 14.9 Å². The molecule has 0 aliphatic carbocycles. The summed E-state index contributed by atoms with van der Waals surface area (Å²) in [7, 11) is -2.85. The van der Waals surface area contributed by atoms with Crippen molar-refractivity contribution in [3.05, 3.63) is 82.9 Å². The molecule has 0 saturated carbocycles. The van der Waals surface area contributed by atoms with Gasteiger partial charge in [0.25, 0.3) is 15.9 Å². The highest BCUT2D eigenvalue weighted by Crippen LogP contribution is 2.27. The van der Waals surface area contributed by atoms with Gasteiger partial charge in [0.1, 0.15) is 11.6 Å². The summed E-state index contributed by atoms with van der Waals surface area (Å²) in [5.74, 6) is -2.54. The van der Waals surface area contributed by atoms with E-state index in [1.165, 1.54) is 50.4 Å². The molecule has 0 heterocycles. The third-order valence-corrected chi connectivity index (χ3v) is 6.68. The van der Waals surface area contributed by atoms with E-state index in [-0.39, 0.29) is 38.5 Å². The Hall–Kier alpha value is -3.50. The van der Waals surface area contributed by atoms with E-state index in [9.17, 15) is 26.8 Å². The Balaban J connectivity index is 1.92. The predicted molar refractivity (Wildman–Crippen MR) is 122 cm³/mol. The van der Waals surface area contributed by atoms with Crippen LogP contribution in [0.15, 0.2) is 65.6 Å². The lowest BCUT2D eigenvalue weighted by atomic mass is 10.2. The van der Waals surface area contributed by atoms with Gasteiger partial charge in [-0.05, 0) is 60.7 Å². The Labute approximate surface area is 194 Å². The lowest BCUT2D eigenvalue weighted by Crippen LogP contribution is -2.27. The molecule has 0 aromatic heterocycles. The second-order valence-corrected chi connectivity index (χ2v) is 9.30. The zero-order valence-electron chi connectivity index (χ0n) is 17.4. The fourth-order valence-electron chi connectivity index (χ4n) is 2.88. The lowest BCUT2D eigenvalue weighted by Gasteiger charge is -2.20. The number of rotatable bonds is 6. The molecule has 0 unspecified atom stereocenters. The van der Waals surface area contributed by atoms with Crippen LogP contribution in [-0.4, -0.2) is 27.3 Å². The minimum Gasteiger partial charge on any atom is -0.326 e. The summed E-state index contributed by atoms with van der Waals surface area (Å²) in [6.45, 7) is 1.27. The molecular formula is C22H18ClF2N3O4S. The van der Waals surface area contributed by atoms with Gasteiger partial charge in [-0.15, -0.1) is 0 Å². The number of carbonyl (C=O) groups excluding carboxylic acids is 2. The molecule has 3 rings (SSSR count). The van der Waals surface area contributed by atoms with E-state index in [0.29, 0.717) is 0 Å². The Bertz CT molecular complexity index is 1330. The van der Waals surface area contributed by atoms with E-state index in [4.69, 9.17) is 11.6 Å². The van der Waals surface area contributed by atoms with Crippen LogP contribution in [0.5, 0.6) is 0 Å². The van der Waals surface area contributed by atoms with Gasteiger partial charge in [0.15, 0.2) is 0 Å². The molecule has 7 nitrogen and oxygen atoms in total. The average Bonchev–Trinajstić information content (AvgIpc) is 2.75. The van der Waals surface area contributed by atoms with Gasteiger partial charge in [-0.3, -0.25) is 13.9 Å². The second-order valence-electron chi connectivity index (χ2n) is 6.92. The first-order chi connectivity index (χ1) is 15.5. The molecule has 0 aliphatic heterocycles. The number of benzene rings is 3. The van der Waals surface area contributed by atoms with Crippen LogP contribution in [0.4, 0.5) is 25.8 Å². The number of carbonyl (C=O) groups is 2. The van der Waals surface area contributed by atoms with Crippen LogP contribution in [0, 0.1) is 11.6 Å². The zero-order chi connectivity index (χ0) is 24.3. The van der Waals surface area contributed by atoms with E-state index in [1.807, 2.05) is 0 Å². The van der Waals surface area contributed by atoms with Crippen LogP contribution in [0.1, 0.15) is 17.3 Å². The summed E-state index contributed by atoms with van der Waals surface area (Å²) in [6, 6.07) is 11.9. The van der Waals surface area contributed by atoms with Crippen LogP contribution in [-0.2, 0) is 14.8 Å². The van der Waals surface area contributed by atoms with Gasteiger partial charge in [-0.25, -0.2) is 17.2 Å². The zero-order valence-corrected chi connectivity index (χ0v) is 19.0. The first-order valence-corrected chi connectivity index (χ1v) is 11.2. The molecule has 2 amide bonds. The maximum Gasteiger partial charge on any atom is 0.264 e. The molecule has 0 spiro atoms. The first kappa shape index (κ1) is 24.1. The Morgan fingerprint density at radius 2 is 1.61 bits per heavy atom. The smallest absolute Gasteiger partial charge is 0.264 e. The summed E-state index contributed by atoms with van der Waals surface area (Å²) in [6.07, 6.45) is 0. The van der Waals surface area contributed by atoms with Crippen molar-refractivity contribution in [3.63, 3.8) is 0 Å². The third-order valence-electron chi connectivity index (χ3n) is 4.57. The Morgan fingerprint density at radius 3 is 2.24 bits per heavy atom. The highest BCUT2D eigenvalue weighted by Gasteiger charge is 2.24. The number of sulfonamides is 1. The summed E-state index contributed by atoms with van der Waals surface area (Å²) < 4.78 is 54.3. The van der Waals surface area contributed by atoms with E-state index >= 15 is 0 Å². The Kier molecular flexibility index (Phi) is 6.99.